The van der Waals surface area contributed by atoms with Crippen molar-refractivity contribution >= 4 is 23.2 Å². The van der Waals surface area contributed by atoms with Crippen molar-refractivity contribution in [3.05, 3.63) is 38.9 Å². The van der Waals surface area contributed by atoms with Gasteiger partial charge >= 0.3 is 0 Å². The number of carbonyl (C=O) groups is 1. The van der Waals surface area contributed by atoms with E-state index >= 15 is 0 Å². The largest absolute Gasteiger partial charge is 0.352 e. The molecule has 1 amide bonds. The van der Waals surface area contributed by atoms with E-state index in [-0.39, 0.29) is 22.2 Å². The van der Waals surface area contributed by atoms with Crippen LogP contribution in [-0.2, 0) is 0 Å². The molecule has 1 aliphatic rings. The van der Waals surface area contributed by atoms with Gasteiger partial charge < -0.3 is 10.2 Å². The molecule has 1 aromatic rings. The fraction of sp³-hybridized carbons (Fsp3) is 0.462. The monoisotopic (exact) mass is 297 g/mol. The van der Waals surface area contributed by atoms with Crippen LogP contribution in [-0.4, -0.2) is 42.4 Å². The molecule has 0 bridgehead atoms. The van der Waals surface area contributed by atoms with Gasteiger partial charge in [-0.05, 0) is 38.1 Å². The van der Waals surface area contributed by atoms with Gasteiger partial charge in [0, 0.05) is 24.7 Å². The van der Waals surface area contributed by atoms with Crippen LogP contribution in [0.25, 0.3) is 0 Å². The molecule has 0 aromatic heterocycles. The number of benzene rings is 1. The maximum atomic E-state index is 12.0. The fourth-order valence-electron chi connectivity index (χ4n) is 2.33. The minimum Gasteiger partial charge on any atom is -0.352 e. The summed E-state index contributed by atoms with van der Waals surface area (Å²) in [6, 6.07) is 4.07. The lowest BCUT2D eigenvalue weighted by molar-refractivity contribution is -0.384. The Morgan fingerprint density at radius 2 is 2.35 bits per heavy atom. The van der Waals surface area contributed by atoms with Crippen molar-refractivity contribution < 1.29 is 9.72 Å². The molecular formula is C13H16ClN3O3. The number of nitrogens with one attached hydrogen (secondary N) is 1. The number of halogens is 1. The Hall–Kier alpha value is -1.66. The molecule has 1 aliphatic heterocycles. The molecule has 1 fully saturated rings. The molecule has 108 valence electrons. The normalized spacial score (nSPS) is 19.0. The molecule has 1 aromatic carbocycles. The molecule has 1 heterocycles. The Morgan fingerprint density at radius 1 is 1.60 bits per heavy atom. The Labute approximate surface area is 121 Å². The van der Waals surface area contributed by atoms with E-state index in [4.69, 9.17) is 11.6 Å². The summed E-state index contributed by atoms with van der Waals surface area (Å²) in [7, 11) is 2.05. The summed E-state index contributed by atoms with van der Waals surface area (Å²) >= 11 is 5.71. The van der Waals surface area contributed by atoms with Crippen LogP contribution >= 0.6 is 11.6 Å². The first kappa shape index (κ1) is 14.7. The second-order valence-corrected chi connectivity index (χ2v) is 5.46. The van der Waals surface area contributed by atoms with E-state index in [9.17, 15) is 14.9 Å². The van der Waals surface area contributed by atoms with E-state index in [0.717, 1.165) is 19.5 Å². The highest BCUT2D eigenvalue weighted by Crippen LogP contribution is 2.25. The molecule has 0 saturated carbocycles. The predicted molar refractivity (Wildman–Crippen MR) is 76.0 cm³/mol. The summed E-state index contributed by atoms with van der Waals surface area (Å²) in [4.78, 5) is 24.4. The van der Waals surface area contributed by atoms with Crippen molar-refractivity contribution in [1.82, 2.24) is 10.2 Å². The number of nitro groups is 1. The van der Waals surface area contributed by atoms with E-state index in [1.165, 1.54) is 18.2 Å². The van der Waals surface area contributed by atoms with Gasteiger partial charge in [-0.1, -0.05) is 11.6 Å². The van der Waals surface area contributed by atoms with Crippen molar-refractivity contribution in [2.24, 2.45) is 5.92 Å². The quantitative estimate of drug-likeness (QED) is 0.680. The van der Waals surface area contributed by atoms with Crippen LogP contribution < -0.4 is 5.32 Å². The zero-order chi connectivity index (χ0) is 14.7. The molecule has 1 atom stereocenters. The van der Waals surface area contributed by atoms with Gasteiger partial charge in [-0.2, -0.15) is 0 Å². The summed E-state index contributed by atoms with van der Waals surface area (Å²) in [6.45, 7) is 2.58. The van der Waals surface area contributed by atoms with Gasteiger partial charge in [0.25, 0.3) is 11.6 Å². The molecular weight excluding hydrogens is 282 g/mol. The topological polar surface area (TPSA) is 75.5 Å². The van der Waals surface area contributed by atoms with Gasteiger partial charge in [0.15, 0.2) is 0 Å². The highest BCUT2D eigenvalue weighted by atomic mass is 35.5. The van der Waals surface area contributed by atoms with Crippen molar-refractivity contribution in [3.63, 3.8) is 0 Å². The summed E-state index contributed by atoms with van der Waals surface area (Å²) in [5.41, 5.74) is 0.00682. The highest BCUT2D eigenvalue weighted by molar-refractivity contribution is 6.32. The van der Waals surface area contributed by atoms with Crippen LogP contribution in [0.15, 0.2) is 18.2 Å². The highest BCUT2D eigenvalue weighted by Gasteiger charge is 2.21. The minimum absolute atomic E-state index is 0.0315. The van der Waals surface area contributed by atoms with Gasteiger partial charge in [0.05, 0.1) is 4.92 Å². The minimum atomic E-state index is -0.592. The van der Waals surface area contributed by atoms with Crippen molar-refractivity contribution in [1.29, 1.82) is 0 Å². The van der Waals surface area contributed by atoms with Crippen LogP contribution in [0.5, 0.6) is 0 Å². The van der Waals surface area contributed by atoms with Crippen LogP contribution in [0.4, 0.5) is 5.69 Å². The standard InChI is InChI=1S/C13H16ClN3O3/c1-16-5-4-9(8-16)7-15-13(18)10-2-3-11(14)12(6-10)17(19)20/h2-3,6,9H,4-5,7-8H2,1H3,(H,15,18). The number of nitrogens with zero attached hydrogens (tertiary/aromatic N) is 2. The second-order valence-electron chi connectivity index (χ2n) is 5.05. The van der Waals surface area contributed by atoms with Gasteiger partial charge in [-0.25, -0.2) is 0 Å². The molecule has 1 unspecified atom stereocenters. The molecule has 2 rings (SSSR count). The lowest BCUT2D eigenvalue weighted by atomic mass is 10.1. The Kier molecular flexibility index (Phi) is 4.57. The number of hydrogen-bond acceptors (Lipinski definition) is 4. The molecule has 1 N–H and O–H groups in total. The molecule has 0 spiro atoms. The lowest BCUT2D eigenvalue weighted by Gasteiger charge is -2.11. The van der Waals surface area contributed by atoms with Gasteiger partial charge in [-0.15, -0.1) is 0 Å². The van der Waals surface area contributed by atoms with Crippen LogP contribution in [0.1, 0.15) is 16.8 Å². The first-order valence-corrected chi connectivity index (χ1v) is 6.76. The zero-order valence-corrected chi connectivity index (χ0v) is 11.9. The predicted octanol–water partition coefficient (Wildman–Crippen LogP) is 1.93. The number of likely N-dealkylation sites (tertiary alicyclic amines) is 1. The van der Waals surface area contributed by atoms with E-state index < -0.39 is 4.92 Å². The number of amides is 1. The maximum absolute atomic E-state index is 12.0. The average molecular weight is 298 g/mol. The summed E-state index contributed by atoms with van der Waals surface area (Å²) in [5, 5.41) is 13.6. The maximum Gasteiger partial charge on any atom is 0.288 e. The average Bonchev–Trinajstić information content (AvgIpc) is 2.82. The van der Waals surface area contributed by atoms with Crippen LogP contribution in [0, 0.1) is 16.0 Å². The number of hydrogen-bond donors (Lipinski definition) is 1. The van der Waals surface area contributed by atoms with Gasteiger partial charge in [0.2, 0.25) is 0 Å². The second kappa shape index (κ2) is 6.19. The van der Waals surface area contributed by atoms with Crippen molar-refractivity contribution in [2.75, 3.05) is 26.7 Å². The Balaban J connectivity index is 1.99. The molecule has 6 nitrogen and oxygen atoms in total. The number of carbonyl (C=O) groups excluding carboxylic acids is 1. The van der Waals surface area contributed by atoms with Crippen molar-refractivity contribution in [2.45, 2.75) is 6.42 Å². The summed E-state index contributed by atoms with van der Waals surface area (Å²) in [5.74, 6) is 0.130. The number of nitro benzene ring substituents is 1. The first-order chi connectivity index (χ1) is 9.47. The first-order valence-electron chi connectivity index (χ1n) is 6.38. The SMILES string of the molecule is CN1CCC(CNC(=O)c2ccc(Cl)c([N+](=O)[O-])c2)C1. The molecule has 1 saturated heterocycles. The summed E-state index contributed by atoms with van der Waals surface area (Å²) in [6.07, 6.45) is 1.05. The van der Waals surface area contributed by atoms with Crippen molar-refractivity contribution in [3.8, 4) is 0 Å². The third-order valence-electron chi connectivity index (χ3n) is 3.45. The third kappa shape index (κ3) is 3.46. The van der Waals surface area contributed by atoms with E-state index in [1.54, 1.807) is 0 Å². The molecule has 0 aliphatic carbocycles. The smallest absolute Gasteiger partial charge is 0.288 e. The van der Waals surface area contributed by atoms with Crippen LogP contribution in [0.3, 0.4) is 0 Å². The lowest BCUT2D eigenvalue weighted by Crippen LogP contribution is -2.30. The Bertz CT molecular complexity index is 536. The van der Waals surface area contributed by atoms with Crippen LogP contribution in [0.2, 0.25) is 5.02 Å². The van der Waals surface area contributed by atoms with E-state index in [2.05, 4.69) is 10.2 Å². The van der Waals surface area contributed by atoms with Gasteiger partial charge in [0.1, 0.15) is 5.02 Å². The zero-order valence-electron chi connectivity index (χ0n) is 11.1. The number of rotatable bonds is 4. The molecule has 0 radical (unpaired) electrons. The Morgan fingerprint density at radius 3 is 2.95 bits per heavy atom. The molecule has 20 heavy (non-hydrogen) atoms. The summed E-state index contributed by atoms with van der Waals surface area (Å²) < 4.78 is 0. The van der Waals surface area contributed by atoms with E-state index in [0.29, 0.717) is 12.5 Å². The van der Waals surface area contributed by atoms with Gasteiger partial charge in [-0.3, -0.25) is 14.9 Å². The van der Waals surface area contributed by atoms with E-state index in [1.807, 2.05) is 7.05 Å². The molecule has 7 heteroatoms. The third-order valence-corrected chi connectivity index (χ3v) is 3.76. The fourth-order valence-corrected chi connectivity index (χ4v) is 2.51.